The second-order valence-electron chi connectivity index (χ2n) is 3.46. The number of halogens is 1. The van der Waals surface area contributed by atoms with Gasteiger partial charge in [0.2, 0.25) is 0 Å². The summed E-state index contributed by atoms with van der Waals surface area (Å²) in [6.07, 6.45) is 0. The van der Waals surface area contributed by atoms with Crippen LogP contribution in [0.25, 0.3) is 0 Å². The molecular weight excluding hydrogens is 332 g/mol. The fourth-order valence-electron chi connectivity index (χ4n) is 1.29. The minimum Gasteiger partial charge on any atom is -0.459 e. The average molecular weight is 343 g/mol. The van der Waals surface area contributed by atoms with Crippen molar-refractivity contribution < 1.29 is 14.1 Å². The molecule has 0 aliphatic carbocycles. The number of hydrogen-bond acceptors (Lipinski definition) is 6. The fourth-order valence-corrected chi connectivity index (χ4v) is 2.70. The van der Waals surface area contributed by atoms with Crippen LogP contribution in [0.1, 0.15) is 23.4 Å². The molecule has 0 bridgehead atoms. The zero-order chi connectivity index (χ0) is 13.7. The molecule has 2 rings (SSSR count). The van der Waals surface area contributed by atoms with Crippen molar-refractivity contribution in [2.24, 2.45) is 0 Å². The molecule has 7 heteroatoms. The Morgan fingerprint density at radius 2 is 2.26 bits per heavy atom. The summed E-state index contributed by atoms with van der Waals surface area (Å²) in [7, 11) is 0. The summed E-state index contributed by atoms with van der Waals surface area (Å²) >= 11 is 5.01. The first kappa shape index (κ1) is 14.1. The smallest absolute Gasteiger partial charge is 0.397 e. The monoisotopic (exact) mass is 342 g/mol. The van der Waals surface area contributed by atoms with Crippen LogP contribution in [0.15, 0.2) is 38.2 Å². The lowest BCUT2D eigenvalue weighted by atomic mass is 10.4. The molecule has 19 heavy (non-hydrogen) atoms. The second kappa shape index (κ2) is 6.72. The van der Waals surface area contributed by atoms with Crippen molar-refractivity contribution in [2.45, 2.75) is 17.6 Å². The molecule has 1 aromatic heterocycles. The summed E-state index contributed by atoms with van der Waals surface area (Å²) in [5.74, 6) is 0.284. The third-order valence-corrected chi connectivity index (χ3v) is 4.14. The Bertz CT molecular complexity index is 574. The largest absolute Gasteiger partial charge is 0.459 e. The van der Waals surface area contributed by atoms with Crippen LogP contribution in [0.3, 0.4) is 0 Å². The van der Waals surface area contributed by atoms with Crippen molar-refractivity contribution in [2.75, 3.05) is 6.61 Å². The van der Waals surface area contributed by atoms with Crippen LogP contribution in [0.4, 0.5) is 0 Å². The van der Waals surface area contributed by atoms with Crippen LogP contribution < -0.4 is 0 Å². The maximum Gasteiger partial charge on any atom is 0.397 e. The van der Waals surface area contributed by atoms with Crippen LogP contribution >= 0.6 is 27.7 Å². The predicted octanol–water partition coefficient (Wildman–Crippen LogP) is 3.30. The van der Waals surface area contributed by atoms with Crippen molar-refractivity contribution in [3.05, 3.63) is 40.5 Å². The molecule has 0 aliphatic rings. The molecule has 0 radical (unpaired) electrons. The first-order valence-corrected chi connectivity index (χ1v) is 7.35. The maximum atomic E-state index is 11.4. The number of ether oxygens (including phenoxy) is 1. The van der Waals surface area contributed by atoms with E-state index < -0.39 is 5.97 Å². The van der Waals surface area contributed by atoms with E-state index in [2.05, 4.69) is 26.1 Å². The van der Waals surface area contributed by atoms with E-state index in [1.54, 1.807) is 18.7 Å². The highest BCUT2D eigenvalue weighted by atomic mass is 79.9. The van der Waals surface area contributed by atoms with Crippen molar-refractivity contribution in [3.8, 4) is 0 Å². The molecular formula is C12H11BrN2O3S. The summed E-state index contributed by atoms with van der Waals surface area (Å²) in [6, 6.07) is 7.85. The number of thioether (sulfide) groups is 1. The lowest BCUT2D eigenvalue weighted by molar-refractivity contribution is 0.0470. The zero-order valence-corrected chi connectivity index (χ0v) is 12.5. The van der Waals surface area contributed by atoms with Gasteiger partial charge in [-0.2, -0.15) is 4.98 Å². The van der Waals surface area contributed by atoms with Crippen molar-refractivity contribution >= 4 is 33.7 Å². The van der Waals surface area contributed by atoms with Gasteiger partial charge < -0.3 is 9.26 Å². The van der Waals surface area contributed by atoms with Gasteiger partial charge in [0, 0.05) is 9.37 Å². The molecule has 0 unspecified atom stereocenters. The molecule has 100 valence electrons. The maximum absolute atomic E-state index is 11.4. The van der Waals surface area contributed by atoms with Gasteiger partial charge in [-0.15, -0.1) is 11.8 Å². The fraction of sp³-hybridized carbons (Fsp3) is 0.250. The van der Waals surface area contributed by atoms with Crippen LogP contribution in [0, 0.1) is 0 Å². The Morgan fingerprint density at radius 1 is 1.47 bits per heavy atom. The number of rotatable bonds is 5. The van der Waals surface area contributed by atoms with E-state index in [-0.39, 0.29) is 12.5 Å². The second-order valence-corrected chi connectivity index (χ2v) is 5.33. The first-order chi connectivity index (χ1) is 9.20. The molecule has 0 aliphatic heterocycles. The number of carbonyl (C=O) groups excluding carboxylic acids is 1. The van der Waals surface area contributed by atoms with Gasteiger partial charge in [0.15, 0.2) is 5.82 Å². The van der Waals surface area contributed by atoms with E-state index in [4.69, 9.17) is 9.26 Å². The lowest BCUT2D eigenvalue weighted by Gasteiger charge is -2.00. The molecule has 2 aromatic rings. The zero-order valence-electron chi connectivity index (χ0n) is 10.1. The molecule has 0 fully saturated rings. The van der Waals surface area contributed by atoms with E-state index in [1.807, 2.05) is 24.3 Å². The minimum absolute atomic E-state index is 0.107. The molecule has 5 nitrogen and oxygen atoms in total. The first-order valence-electron chi connectivity index (χ1n) is 5.57. The van der Waals surface area contributed by atoms with Gasteiger partial charge in [-0.25, -0.2) is 4.79 Å². The Morgan fingerprint density at radius 3 is 3.00 bits per heavy atom. The predicted molar refractivity (Wildman–Crippen MR) is 74.0 cm³/mol. The van der Waals surface area contributed by atoms with E-state index in [0.717, 1.165) is 9.37 Å². The van der Waals surface area contributed by atoms with Gasteiger partial charge in [-0.1, -0.05) is 17.3 Å². The molecule has 0 spiro atoms. The van der Waals surface area contributed by atoms with Crippen molar-refractivity contribution in [1.82, 2.24) is 10.1 Å². The number of carbonyl (C=O) groups is 1. The van der Waals surface area contributed by atoms with Gasteiger partial charge in [-0.3, -0.25) is 0 Å². The van der Waals surface area contributed by atoms with E-state index in [9.17, 15) is 4.79 Å². The Hall–Kier alpha value is -1.34. The Balaban J connectivity index is 1.97. The van der Waals surface area contributed by atoms with E-state index >= 15 is 0 Å². The number of esters is 1. The topological polar surface area (TPSA) is 65.2 Å². The Labute approximate surface area is 122 Å². The van der Waals surface area contributed by atoms with E-state index in [1.165, 1.54) is 0 Å². The number of aromatic nitrogens is 2. The molecule has 1 aromatic carbocycles. The highest BCUT2D eigenvalue weighted by Crippen LogP contribution is 2.28. The molecule has 0 saturated carbocycles. The number of hydrogen-bond donors (Lipinski definition) is 0. The summed E-state index contributed by atoms with van der Waals surface area (Å²) in [5, 5.41) is 3.74. The van der Waals surface area contributed by atoms with Crippen LogP contribution in [0.5, 0.6) is 0 Å². The quantitative estimate of drug-likeness (QED) is 0.613. The van der Waals surface area contributed by atoms with Crippen molar-refractivity contribution in [3.63, 3.8) is 0 Å². The van der Waals surface area contributed by atoms with Crippen LogP contribution in [-0.4, -0.2) is 22.7 Å². The molecule has 0 N–H and O–H groups in total. The number of benzene rings is 1. The molecule has 0 atom stereocenters. The summed E-state index contributed by atoms with van der Waals surface area (Å²) in [6.45, 7) is 2.00. The lowest BCUT2D eigenvalue weighted by Crippen LogP contribution is -2.04. The summed E-state index contributed by atoms with van der Waals surface area (Å²) in [4.78, 5) is 16.4. The third kappa shape index (κ3) is 3.81. The minimum atomic E-state index is -0.591. The normalized spacial score (nSPS) is 10.4. The highest BCUT2D eigenvalue weighted by molar-refractivity contribution is 9.10. The van der Waals surface area contributed by atoms with Crippen LogP contribution in [-0.2, 0) is 10.5 Å². The SMILES string of the molecule is CCOC(=O)c1nc(CSc2ccccc2Br)no1. The van der Waals surface area contributed by atoms with Crippen molar-refractivity contribution in [1.29, 1.82) is 0 Å². The van der Waals surface area contributed by atoms with E-state index in [0.29, 0.717) is 11.6 Å². The average Bonchev–Trinajstić information content (AvgIpc) is 2.87. The summed E-state index contributed by atoms with van der Waals surface area (Å²) in [5.41, 5.74) is 0. The Kier molecular flexibility index (Phi) is 4.98. The molecule has 0 amide bonds. The highest BCUT2D eigenvalue weighted by Gasteiger charge is 2.16. The number of nitrogens with zero attached hydrogens (tertiary/aromatic N) is 2. The van der Waals surface area contributed by atoms with Gasteiger partial charge in [-0.05, 0) is 35.0 Å². The van der Waals surface area contributed by atoms with Gasteiger partial charge >= 0.3 is 11.9 Å². The standard InChI is InChI=1S/C12H11BrN2O3S/c1-2-17-12(16)11-14-10(15-18-11)7-19-9-6-4-3-5-8(9)13/h3-6H,2,7H2,1H3. The summed E-state index contributed by atoms with van der Waals surface area (Å²) < 4.78 is 10.6. The molecule has 0 saturated heterocycles. The third-order valence-electron chi connectivity index (χ3n) is 2.11. The molecule has 1 heterocycles. The van der Waals surface area contributed by atoms with Gasteiger partial charge in [0.25, 0.3) is 0 Å². The van der Waals surface area contributed by atoms with Crippen LogP contribution in [0.2, 0.25) is 0 Å². The van der Waals surface area contributed by atoms with Gasteiger partial charge in [0.1, 0.15) is 0 Å². The van der Waals surface area contributed by atoms with Gasteiger partial charge in [0.05, 0.1) is 12.4 Å².